The Morgan fingerprint density at radius 2 is 2.17 bits per heavy atom. The molecule has 6 heteroatoms. The van der Waals surface area contributed by atoms with Gasteiger partial charge in [-0.2, -0.15) is 0 Å². The molecule has 1 aromatic rings. The van der Waals surface area contributed by atoms with Gasteiger partial charge in [-0.05, 0) is 13.3 Å². The van der Waals surface area contributed by atoms with Crippen LogP contribution in [0.3, 0.4) is 0 Å². The van der Waals surface area contributed by atoms with Gasteiger partial charge in [0, 0.05) is 32.5 Å². The average Bonchev–Trinajstić information content (AvgIpc) is 2.82. The quantitative estimate of drug-likeness (QED) is 0.776. The number of carbonyl (C=O) groups excluding carboxylic acids is 2. The van der Waals surface area contributed by atoms with Gasteiger partial charge in [0.15, 0.2) is 6.29 Å². The van der Waals surface area contributed by atoms with E-state index in [2.05, 4.69) is 15.3 Å². The van der Waals surface area contributed by atoms with Gasteiger partial charge in [-0.3, -0.25) is 9.59 Å². The first-order chi connectivity index (χ1) is 8.59. The normalized spacial score (nSPS) is 22.9. The van der Waals surface area contributed by atoms with E-state index in [4.69, 9.17) is 0 Å². The number of anilines is 1. The van der Waals surface area contributed by atoms with Gasteiger partial charge in [-0.1, -0.05) is 0 Å². The van der Waals surface area contributed by atoms with Crippen LogP contribution in [0.2, 0.25) is 0 Å². The Morgan fingerprint density at radius 1 is 1.50 bits per heavy atom. The number of rotatable bonds is 3. The maximum Gasteiger partial charge on any atom is 0.227 e. The molecule has 6 nitrogen and oxygen atoms in total. The fourth-order valence-electron chi connectivity index (χ4n) is 2.17. The Bertz CT molecular complexity index is 460. The molecule has 1 unspecified atom stereocenters. The highest BCUT2D eigenvalue weighted by molar-refractivity contribution is 5.83. The minimum Gasteiger partial charge on any atom is -0.359 e. The van der Waals surface area contributed by atoms with Gasteiger partial charge >= 0.3 is 0 Å². The molecule has 0 bridgehead atoms. The zero-order valence-corrected chi connectivity index (χ0v) is 10.5. The number of hydrogen-bond acceptors (Lipinski definition) is 5. The standard InChI is InChI=1S/C12H16N4O2/c1-12(10(18)13-2)3-4-16(8-12)11-14-5-9(7-17)6-15-11/h5-7H,3-4,8H2,1-2H3,(H,13,18). The molecule has 0 radical (unpaired) electrons. The molecule has 1 saturated heterocycles. The highest BCUT2D eigenvalue weighted by Gasteiger charge is 2.40. The first-order valence-corrected chi connectivity index (χ1v) is 5.83. The summed E-state index contributed by atoms with van der Waals surface area (Å²) in [5, 5.41) is 2.68. The van der Waals surface area contributed by atoms with Crippen molar-refractivity contribution in [1.82, 2.24) is 15.3 Å². The summed E-state index contributed by atoms with van der Waals surface area (Å²) in [5.41, 5.74) is 0.0496. The van der Waals surface area contributed by atoms with Gasteiger partial charge in [0.1, 0.15) is 0 Å². The third kappa shape index (κ3) is 2.18. The molecule has 2 heterocycles. The van der Waals surface area contributed by atoms with Crippen LogP contribution >= 0.6 is 0 Å². The van der Waals surface area contributed by atoms with Crippen LogP contribution in [0, 0.1) is 5.41 Å². The molecule has 1 fully saturated rings. The van der Waals surface area contributed by atoms with Crippen molar-refractivity contribution >= 4 is 18.1 Å². The highest BCUT2D eigenvalue weighted by atomic mass is 16.2. The van der Waals surface area contributed by atoms with Crippen molar-refractivity contribution in [3.63, 3.8) is 0 Å². The van der Waals surface area contributed by atoms with Crippen LogP contribution in [-0.2, 0) is 4.79 Å². The summed E-state index contributed by atoms with van der Waals surface area (Å²) in [7, 11) is 1.64. The number of aromatic nitrogens is 2. The van der Waals surface area contributed by atoms with E-state index in [1.54, 1.807) is 7.05 Å². The van der Waals surface area contributed by atoms with Gasteiger partial charge in [0.05, 0.1) is 11.0 Å². The number of hydrogen-bond donors (Lipinski definition) is 1. The maximum absolute atomic E-state index is 11.8. The van der Waals surface area contributed by atoms with Crippen LogP contribution in [0.15, 0.2) is 12.4 Å². The SMILES string of the molecule is CNC(=O)C1(C)CCN(c2ncc(C=O)cn2)C1. The van der Waals surface area contributed by atoms with E-state index in [0.717, 1.165) is 13.0 Å². The summed E-state index contributed by atoms with van der Waals surface area (Å²) >= 11 is 0. The molecular weight excluding hydrogens is 232 g/mol. The largest absolute Gasteiger partial charge is 0.359 e. The Morgan fingerprint density at radius 3 is 2.72 bits per heavy atom. The average molecular weight is 248 g/mol. The Hall–Kier alpha value is -1.98. The van der Waals surface area contributed by atoms with E-state index in [-0.39, 0.29) is 5.91 Å². The van der Waals surface area contributed by atoms with E-state index >= 15 is 0 Å². The van der Waals surface area contributed by atoms with Crippen LogP contribution in [-0.4, -0.2) is 42.3 Å². The first kappa shape index (κ1) is 12.5. The zero-order valence-electron chi connectivity index (χ0n) is 10.5. The van der Waals surface area contributed by atoms with Crippen molar-refractivity contribution < 1.29 is 9.59 Å². The predicted molar refractivity (Wildman–Crippen MR) is 66.4 cm³/mol. The van der Waals surface area contributed by atoms with E-state index < -0.39 is 5.41 Å². The third-order valence-corrected chi connectivity index (χ3v) is 3.33. The second kappa shape index (κ2) is 4.72. The van der Waals surface area contributed by atoms with Crippen molar-refractivity contribution in [3.05, 3.63) is 18.0 Å². The molecule has 1 amide bonds. The lowest BCUT2D eigenvalue weighted by molar-refractivity contribution is -0.128. The highest BCUT2D eigenvalue weighted by Crippen LogP contribution is 2.31. The van der Waals surface area contributed by atoms with Crippen molar-refractivity contribution in [3.8, 4) is 0 Å². The minimum atomic E-state index is -0.401. The lowest BCUT2D eigenvalue weighted by Crippen LogP contribution is -2.39. The zero-order chi connectivity index (χ0) is 13.2. The van der Waals surface area contributed by atoms with Gasteiger partial charge in [0.2, 0.25) is 11.9 Å². The topological polar surface area (TPSA) is 75.2 Å². The molecule has 96 valence electrons. The van der Waals surface area contributed by atoms with E-state index in [0.29, 0.717) is 24.3 Å². The molecule has 0 aliphatic carbocycles. The smallest absolute Gasteiger partial charge is 0.227 e. The van der Waals surface area contributed by atoms with E-state index in [9.17, 15) is 9.59 Å². The lowest BCUT2D eigenvalue weighted by atomic mass is 9.89. The molecule has 1 atom stereocenters. The minimum absolute atomic E-state index is 0.0366. The summed E-state index contributed by atoms with van der Waals surface area (Å²) in [6, 6.07) is 0. The third-order valence-electron chi connectivity index (χ3n) is 3.33. The second-order valence-corrected chi connectivity index (χ2v) is 4.75. The summed E-state index contributed by atoms with van der Waals surface area (Å²) in [5.74, 6) is 0.600. The Labute approximate surface area is 105 Å². The van der Waals surface area contributed by atoms with Crippen molar-refractivity contribution in [2.75, 3.05) is 25.0 Å². The van der Waals surface area contributed by atoms with E-state index in [1.807, 2.05) is 11.8 Å². The Kier molecular flexibility index (Phi) is 3.27. The van der Waals surface area contributed by atoms with Gasteiger partial charge in [-0.25, -0.2) is 9.97 Å². The predicted octanol–water partition coefficient (Wildman–Crippen LogP) is 0.251. The van der Waals surface area contributed by atoms with Gasteiger partial charge in [0.25, 0.3) is 0 Å². The van der Waals surface area contributed by atoms with E-state index in [1.165, 1.54) is 12.4 Å². The summed E-state index contributed by atoms with van der Waals surface area (Å²) in [4.78, 5) is 32.5. The summed E-state index contributed by atoms with van der Waals surface area (Å²) in [6.07, 6.45) is 4.46. The number of carbonyl (C=O) groups is 2. The molecule has 18 heavy (non-hydrogen) atoms. The van der Waals surface area contributed by atoms with Crippen molar-refractivity contribution in [2.45, 2.75) is 13.3 Å². The summed E-state index contributed by atoms with van der Waals surface area (Å²) in [6.45, 7) is 3.27. The molecule has 1 aromatic heterocycles. The van der Waals surface area contributed by atoms with Crippen LogP contribution in [0.5, 0.6) is 0 Å². The van der Waals surface area contributed by atoms with Crippen molar-refractivity contribution in [2.24, 2.45) is 5.41 Å². The first-order valence-electron chi connectivity index (χ1n) is 5.83. The maximum atomic E-state index is 11.8. The number of aldehydes is 1. The molecule has 0 spiro atoms. The van der Waals surface area contributed by atoms with Crippen molar-refractivity contribution in [1.29, 1.82) is 0 Å². The van der Waals surface area contributed by atoms with Gasteiger partial charge < -0.3 is 10.2 Å². The Balaban J connectivity index is 2.12. The van der Waals surface area contributed by atoms with Crippen LogP contribution < -0.4 is 10.2 Å². The summed E-state index contributed by atoms with van der Waals surface area (Å²) < 4.78 is 0. The molecule has 1 aliphatic rings. The van der Waals surface area contributed by atoms with Gasteiger partial charge in [-0.15, -0.1) is 0 Å². The molecule has 1 N–H and O–H groups in total. The fraction of sp³-hybridized carbons (Fsp3) is 0.500. The number of nitrogens with zero attached hydrogens (tertiary/aromatic N) is 3. The molecular formula is C12H16N4O2. The molecule has 1 aliphatic heterocycles. The van der Waals surface area contributed by atoms with Crippen LogP contribution in [0.1, 0.15) is 23.7 Å². The molecule has 2 rings (SSSR count). The fourth-order valence-corrected chi connectivity index (χ4v) is 2.17. The molecule has 0 aromatic carbocycles. The lowest BCUT2D eigenvalue weighted by Gasteiger charge is -2.22. The second-order valence-electron chi connectivity index (χ2n) is 4.75. The monoisotopic (exact) mass is 248 g/mol. The number of nitrogens with one attached hydrogen (secondary N) is 1. The van der Waals surface area contributed by atoms with Crippen LogP contribution in [0.4, 0.5) is 5.95 Å². The molecule has 0 saturated carbocycles. The number of amides is 1. The van der Waals surface area contributed by atoms with Crippen LogP contribution in [0.25, 0.3) is 0 Å².